The molecule has 0 radical (unpaired) electrons. The van der Waals surface area contributed by atoms with Crippen LogP contribution in [0.2, 0.25) is 0 Å². The highest BCUT2D eigenvalue weighted by Gasteiger charge is 2.54. The van der Waals surface area contributed by atoms with Crippen LogP contribution in [0.25, 0.3) is 0 Å². The van der Waals surface area contributed by atoms with Gasteiger partial charge in [0.2, 0.25) is 0 Å². The summed E-state index contributed by atoms with van der Waals surface area (Å²) in [6.45, 7) is 11.2. The lowest BCUT2D eigenvalue weighted by Gasteiger charge is -2.45. The van der Waals surface area contributed by atoms with E-state index in [2.05, 4.69) is 27.7 Å². The van der Waals surface area contributed by atoms with Crippen LogP contribution >= 0.6 is 0 Å². The van der Waals surface area contributed by atoms with Crippen molar-refractivity contribution in [2.75, 3.05) is 6.61 Å². The van der Waals surface area contributed by atoms with Gasteiger partial charge in [-0.25, -0.2) is 0 Å². The third-order valence-corrected chi connectivity index (χ3v) is 5.20. The van der Waals surface area contributed by atoms with Crippen LogP contribution < -0.4 is 0 Å². The van der Waals surface area contributed by atoms with Gasteiger partial charge in [0, 0.05) is 12.5 Å². The second kappa shape index (κ2) is 5.58. The Morgan fingerprint density at radius 2 is 1.75 bits per heavy atom. The van der Waals surface area contributed by atoms with Crippen LogP contribution in [0.15, 0.2) is 0 Å². The number of rotatable bonds is 4. The van der Waals surface area contributed by atoms with Gasteiger partial charge in [-0.05, 0) is 53.9 Å². The largest absolute Gasteiger partial charge is 0.390 e. The second-order valence-electron chi connectivity index (χ2n) is 7.78. The zero-order valence-corrected chi connectivity index (χ0v) is 13.9. The van der Waals surface area contributed by atoms with Crippen molar-refractivity contribution >= 4 is 0 Å². The van der Waals surface area contributed by atoms with Crippen LogP contribution in [0.4, 0.5) is 0 Å². The topological polar surface area (TPSA) is 38.7 Å². The molecule has 0 amide bonds. The summed E-state index contributed by atoms with van der Waals surface area (Å²) in [5.41, 5.74) is -0.791. The second-order valence-corrected chi connectivity index (χ2v) is 7.78. The Hall–Kier alpha value is -0.120. The van der Waals surface area contributed by atoms with Crippen molar-refractivity contribution in [3.8, 4) is 0 Å². The van der Waals surface area contributed by atoms with Crippen LogP contribution in [0.1, 0.15) is 73.1 Å². The first-order valence-electron chi connectivity index (χ1n) is 8.25. The predicted molar refractivity (Wildman–Crippen MR) is 80.8 cm³/mol. The molecule has 3 nitrogen and oxygen atoms in total. The van der Waals surface area contributed by atoms with Crippen molar-refractivity contribution in [2.45, 2.75) is 96.1 Å². The Bertz CT molecular complexity index is 324. The minimum atomic E-state index is -0.431. The summed E-state index contributed by atoms with van der Waals surface area (Å²) in [6.07, 6.45) is 6.01. The molecule has 1 aliphatic carbocycles. The summed E-state index contributed by atoms with van der Waals surface area (Å²) in [4.78, 5) is 0. The summed E-state index contributed by atoms with van der Waals surface area (Å²) in [6, 6.07) is 0. The maximum absolute atomic E-state index is 11.1. The molecule has 2 aliphatic rings. The van der Waals surface area contributed by atoms with E-state index >= 15 is 0 Å². The molecule has 0 aromatic rings. The molecule has 2 unspecified atom stereocenters. The highest BCUT2D eigenvalue weighted by atomic mass is 16.5. The molecule has 0 aromatic heterocycles. The van der Waals surface area contributed by atoms with E-state index in [4.69, 9.17) is 9.47 Å². The fourth-order valence-electron chi connectivity index (χ4n) is 4.43. The van der Waals surface area contributed by atoms with Crippen molar-refractivity contribution in [3.05, 3.63) is 0 Å². The van der Waals surface area contributed by atoms with E-state index in [0.29, 0.717) is 6.61 Å². The third-order valence-electron chi connectivity index (χ3n) is 5.20. The molecular formula is C17H32O3. The average Bonchev–Trinajstić information content (AvgIpc) is 2.58. The van der Waals surface area contributed by atoms with Gasteiger partial charge in [0.25, 0.3) is 0 Å². The maximum Gasteiger partial charge on any atom is 0.0943 e. The lowest BCUT2D eigenvalue weighted by Crippen LogP contribution is -2.53. The van der Waals surface area contributed by atoms with E-state index < -0.39 is 6.10 Å². The van der Waals surface area contributed by atoms with Gasteiger partial charge < -0.3 is 14.6 Å². The van der Waals surface area contributed by atoms with Gasteiger partial charge in [0.05, 0.1) is 22.9 Å². The van der Waals surface area contributed by atoms with Crippen LogP contribution in [0.5, 0.6) is 0 Å². The minimum absolute atomic E-state index is 0.141. The van der Waals surface area contributed by atoms with Crippen molar-refractivity contribution in [2.24, 2.45) is 5.92 Å². The quantitative estimate of drug-likeness (QED) is 0.856. The molecule has 1 saturated carbocycles. The standard InChI is InChI=1S/C17H32O3/c1-6-19-17(10-8-7-9-11-17)14(18)13-12-15(2,3)20-16(13,4)5/h13-14,18H,6-12H2,1-5H3. The van der Waals surface area contributed by atoms with Crippen LogP contribution in [-0.4, -0.2) is 34.6 Å². The smallest absolute Gasteiger partial charge is 0.0943 e. The fraction of sp³-hybridized carbons (Fsp3) is 1.00. The molecule has 0 spiro atoms. The molecule has 2 fully saturated rings. The van der Waals surface area contributed by atoms with E-state index in [9.17, 15) is 5.11 Å². The molecule has 2 atom stereocenters. The van der Waals surface area contributed by atoms with Gasteiger partial charge in [-0.15, -0.1) is 0 Å². The number of aliphatic hydroxyl groups excluding tert-OH is 1. The lowest BCUT2D eigenvalue weighted by molar-refractivity contribution is -0.175. The molecule has 118 valence electrons. The maximum atomic E-state index is 11.1. The monoisotopic (exact) mass is 284 g/mol. The molecule has 1 aliphatic heterocycles. The molecule has 1 saturated heterocycles. The zero-order valence-electron chi connectivity index (χ0n) is 13.9. The van der Waals surface area contributed by atoms with Gasteiger partial charge >= 0.3 is 0 Å². The highest BCUT2D eigenvalue weighted by molar-refractivity contribution is 5.04. The summed E-state index contributed by atoms with van der Waals surface area (Å²) in [5, 5.41) is 11.1. The first-order chi connectivity index (χ1) is 9.22. The van der Waals surface area contributed by atoms with Gasteiger partial charge in [-0.2, -0.15) is 0 Å². The van der Waals surface area contributed by atoms with Crippen LogP contribution in [0.3, 0.4) is 0 Å². The lowest BCUT2D eigenvalue weighted by atomic mass is 9.71. The Labute approximate surface area is 124 Å². The Morgan fingerprint density at radius 3 is 2.20 bits per heavy atom. The molecule has 1 heterocycles. The number of aliphatic hydroxyl groups is 1. The van der Waals surface area contributed by atoms with Gasteiger partial charge in [-0.1, -0.05) is 19.3 Å². The van der Waals surface area contributed by atoms with E-state index in [1.165, 1.54) is 6.42 Å². The Balaban J connectivity index is 2.21. The highest BCUT2D eigenvalue weighted by Crippen LogP contribution is 2.48. The van der Waals surface area contributed by atoms with E-state index in [1.54, 1.807) is 0 Å². The first kappa shape index (κ1) is 16.3. The van der Waals surface area contributed by atoms with Crippen molar-refractivity contribution in [3.63, 3.8) is 0 Å². The van der Waals surface area contributed by atoms with Crippen molar-refractivity contribution < 1.29 is 14.6 Å². The van der Waals surface area contributed by atoms with Gasteiger partial charge in [0.1, 0.15) is 0 Å². The Kier molecular flexibility index (Phi) is 4.54. The Morgan fingerprint density at radius 1 is 1.15 bits per heavy atom. The molecule has 1 N–H and O–H groups in total. The number of hydrogen-bond donors (Lipinski definition) is 1. The molecular weight excluding hydrogens is 252 g/mol. The zero-order chi connectivity index (χ0) is 15.0. The number of hydrogen-bond acceptors (Lipinski definition) is 3. The minimum Gasteiger partial charge on any atom is -0.390 e. The summed E-state index contributed by atoms with van der Waals surface area (Å²) in [5.74, 6) is 0.141. The van der Waals surface area contributed by atoms with Gasteiger partial charge in [0.15, 0.2) is 0 Å². The molecule has 0 bridgehead atoms. The summed E-state index contributed by atoms with van der Waals surface area (Å²) in [7, 11) is 0. The summed E-state index contributed by atoms with van der Waals surface area (Å²) >= 11 is 0. The molecule has 0 aromatic carbocycles. The van der Waals surface area contributed by atoms with Crippen LogP contribution in [0, 0.1) is 5.92 Å². The van der Waals surface area contributed by atoms with E-state index in [1.807, 2.05) is 6.92 Å². The molecule has 20 heavy (non-hydrogen) atoms. The molecule has 2 rings (SSSR count). The van der Waals surface area contributed by atoms with E-state index in [0.717, 1.165) is 32.1 Å². The number of ether oxygens (including phenoxy) is 2. The van der Waals surface area contributed by atoms with E-state index in [-0.39, 0.29) is 22.7 Å². The van der Waals surface area contributed by atoms with Crippen LogP contribution in [-0.2, 0) is 9.47 Å². The van der Waals surface area contributed by atoms with Crippen molar-refractivity contribution in [1.82, 2.24) is 0 Å². The van der Waals surface area contributed by atoms with Crippen molar-refractivity contribution in [1.29, 1.82) is 0 Å². The first-order valence-corrected chi connectivity index (χ1v) is 8.25. The average molecular weight is 284 g/mol. The molecule has 3 heteroatoms. The predicted octanol–water partition coefficient (Wildman–Crippen LogP) is 3.68. The third kappa shape index (κ3) is 3.05. The SMILES string of the molecule is CCOC1(C(O)C2CC(C)(C)OC2(C)C)CCCCC1. The normalized spacial score (nSPS) is 33.0. The summed E-state index contributed by atoms with van der Waals surface area (Å²) < 4.78 is 12.3. The van der Waals surface area contributed by atoms with Gasteiger partial charge in [-0.3, -0.25) is 0 Å². The fourth-order valence-corrected chi connectivity index (χ4v) is 4.43.